The lowest BCUT2D eigenvalue weighted by molar-refractivity contribution is -0.131. The number of carboxylic acid groups (broad SMARTS) is 1. The van der Waals surface area contributed by atoms with Crippen LogP contribution in [0.3, 0.4) is 0 Å². The molecule has 1 aromatic carbocycles. The first-order valence-corrected chi connectivity index (χ1v) is 6.82. The second-order valence-electron chi connectivity index (χ2n) is 4.83. The second-order valence-corrected chi connectivity index (χ2v) is 4.83. The van der Waals surface area contributed by atoms with Gasteiger partial charge in [-0.3, -0.25) is 0 Å². The smallest absolute Gasteiger partial charge is 0.328 e. The highest BCUT2D eigenvalue weighted by Gasteiger charge is 2.05. The van der Waals surface area contributed by atoms with E-state index in [0.29, 0.717) is 5.75 Å². The Balaban J connectivity index is 2.75. The fraction of sp³-hybridized carbons (Fsp3) is 0.438. The van der Waals surface area contributed by atoms with Crippen LogP contribution in [0.5, 0.6) is 5.75 Å². The van der Waals surface area contributed by atoms with Gasteiger partial charge in [-0.25, -0.2) is 4.79 Å². The Hall–Kier alpha value is -1.85. The summed E-state index contributed by atoms with van der Waals surface area (Å²) in [5.74, 6) is -0.308. The molecule has 5 nitrogen and oxygen atoms in total. The van der Waals surface area contributed by atoms with E-state index in [-0.39, 0.29) is 0 Å². The molecule has 5 heteroatoms. The minimum absolute atomic E-state index is 0.665. The monoisotopic (exact) mass is 293 g/mol. The Morgan fingerprint density at radius 1 is 1.38 bits per heavy atom. The van der Waals surface area contributed by atoms with Gasteiger partial charge in [-0.05, 0) is 37.2 Å². The Bertz CT molecular complexity index is 485. The van der Waals surface area contributed by atoms with Gasteiger partial charge in [0.15, 0.2) is 0 Å². The molecule has 0 aliphatic rings. The van der Waals surface area contributed by atoms with E-state index >= 15 is 0 Å². The van der Waals surface area contributed by atoms with Crippen LogP contribution < -0.4 is 4.74 Å². The number of nitrogens with zero attached hydrogens (tertiary/aromatic N) is 1. The number of carboxylic acids is 1. The third-order valence-corrected chi connectivity index (χ3v) is 3.04. The van der Waals surface area contributed by atoms with Crippen molar-refractivity contribution in [3.05, 3.63) is 35.4 Å². The van der Waals surface area contributed by atoms with E-state index in [4.69, 9.17) is 14.6 Å². The van der Waals surface area contributed by atoms with Crippen molar-refractivity contribution in [3.63, 3.8) is 0 Å². The van der Waals surface area contributed by atoms with Crippen LogP contribution in [0, 0.1) is 0 Å². The highest BCUT2D eigenvalue weighted by Crippen LogP contribution is 2.22. The SMILES string of the molecule is COCCCN(C)Cc1ccc(OC)c(C=CC(=O)O)c1. The van der Waals surface area contributed by atoms with Gasteiger partial charge in [-0.1, -0.05) is 6.07 Å². The molecule has 116 valence electrons. The minimum Gasteiger partial charge on any atom is -0.496 e. The van der Waals surface area contributed by atoms with Gasteiger partial charge in [0.2, 0.25) is 0 Å². The Morgan fingerprint density at radius 3 is 2.76 bits per heavy atom. The fourth-order valence-corrected chi connectivity index (χ4v) is 2.04. The number of rotatable bonds is 9. The molecule has 1 N–H and O–H groups in total. The fourth-order valence-electron chi connectivity index (χ4n) is 2.04. The maximum atomic E-state index is 10.6. The summed E-state index contributed by atoms with van der Waals surface area (Å²) in [6, 6.07) is 5.80. The largest absolute Gasteiger partial charge is 0.496 e. The van der Waals surface area contributed by atoms with Gasteiger partial charge >= 0.3 is 5.97 Å². The third-order valence-electron chi connectivity index (χ3n) is 3.04. The average Bonchev–Trinajstić information content (AvgIpc) is 2.45. The molecule has 0 unspecified atom stereocenters. The van der Waals surface area contributed by atoms with Crippen LogP contribution in [-0.2, 0) is 16.1 Å². The number of hydrogen-bond acceptors (Lipinski definition) is 4. The predicted octanol–water partition coefficient (Wildman–Crippen LogP) is 2.26. The number of aliphatic carboxylic acids is 1. The summed E-state index contributed by atoms with van der Waals surface area (Å²) in [6.07, 6.45) is 3.65. The van der Waals surface area contributed by atoms with Gasteiger partial charge in [0.1, 0.15) is 5.75 Å². The number of ether oxygens (including phenoxy) is 2. The molecular weight excluding hydrogens is 270 g/mol. The Morgan fingerprint density at radius 2 is 2.14 bits per heavy atom. The molecule has 21 heavy (non-hydrogen) atoms. The number of benzene rings is 1. The molecule has 0 bridgehead atoms. The van der Waals surface area contributed by atoms with Crippen LogP contribution in [0.1, 0.15) is 17.5 Å². The van der Waals surface area contributed by atoms with Crippen molar-refractivity contribution in [1.29, 1.82) is 0 Å². The van der Waals surface area contributed by atoms with Gasteiger partial charge in [0.05, 0.1) is 7.11 Å². The van der Waals surface area contributed by atoms with Crippen molar-refractivity contribution in [3.8, 4) is 5.75 Å². The molecular formula is C16H23NO4. The zero-order chi connectivity index (χ0) is 15.7. The van der Waals surface area contributed by atoms with E-state index in [1.54, 1.807) is 20.3 Å². The molecule has 0 atom stereocenters. The van der Waals surface area contributed by atoms with Crippen molar-refractivity contribution in [2.75, 3.05) is 34.4 Å². The van der Waals surface area contributed by atoms with Gasteiger partial charge in [0, 0.05) is 38.4 Å². The molecule has 1 rings (SSSR count). The lowest BCUT2D eigenvalue weighted by Crippen LogP contribution is -2.20. The van der Waals surface area contributed by atoms with E-state index < -0.39 is 5.97 Å². The lowest BCUT2D eigenvalue weighted by Gasteiger charge is -2.17. The quantitative estimate of drug-likeness (QED) is 0.559. The molecule has 0 saturated carbocycles. The van der Waals surface area contributed by atoms with Crippen LogP contribution in [0.2, 0.25) is 0 Å². The van der Waals surface area contributed by atoms with E-state index in [1.807, 2.05) is 25.2 Å². The van der Waals surface area contributed by atoms with E-state index in [9.17, 15) is 4.79 Å². The van der Waals surface area contributed by atoms with Crippen molar-refractivity contribution in [2.24, 2.45) is 0 Å². The van der Waals surface area contributed by atoms with Crippen LogP contribution in [-0.4, -0.2) is 50.4 Å². The molecule has 0 aromatic heterocycles. The number of hydrogen-bond donors (Lipinski definition) is 1. The highest BCUT2D eigenvalue weighted by atomic mass is 16.5. The Labute approximate surface area is 125 Å². The maximum Gasteiger partial charge on any atom is 0.328 e. The number of carbonyl (C=O) groups is 1. The van der Waals surface area contributed by atoms with Crippen LogP contribution in [0.4, 0.5) is 0 Å². The lowest BCUT2D eigenvalue weighted by atomic mass is 10.1. The van der Waals surface area contributed by atoms with Crippen molar-refractivity contribution >= 4 is 12.0 Å². The molecule has 0 aliphatic carbocycles. The first-order valence-electron chi connectivity index (χ1n) is 6.82. The molecule has 0 amide bonds. The van der Waals surface area contributed by atoms with E-state index in [0.717, 1.165) is 43.3 Å². The zero-order valence-electron chi connectivity index (χ0n) is 12.8. The summed E-state index contributed by atoms with van der Waals surface area (Å²) >= 11 is 0. The molecule has 0 saturated heterocycles. The van der Waals surface area contributed by atoms with Gasteiger partial charge in [0.25, 0.3) is 0 Å². The molecule has 0 heterocycles. The first kappa shape index (κ1) is 17.2. The third kappa shape index (κ3) is 6.42. The second kappa shape index (κ2) is 9.15. The van der Waals surface area contributed by atoms with E-state index in [2.05, 4.69) is 4.90 Å². The predicted molar refractivity (Wildman–Crippen MR) is 82.5 cm³/mol. The molecule has 0 spiro atoms. The van der Waals surface area contributed by atoms with Gasteiger partial charge in [-0.15, -0.1) is 0 Å². The highest BCUT2D eigenvalue weighted by molar-refractivity contribution is 5.85. The zero-order valence-corrected chi connectivity index (χ0v) is 12.8. The molecule has 0 fully saturated rings. The summed E-state index contributed by atoms with van der Waals surface area (Å²) in [5, 5.41) is 8.73. The van der Waals surface area contributed by atoms with Gasteiger partial charge < -0.3 is 19.5 Å². The topological polar surface area (TPSA) is 59.0 Å². The van der Waals surface area contributed by atoms with E-state index in [1.165, 1.54) is 0 Å². The maximum absolute atomic E-state index is 10.6. The summed E-state index contributed by atoms with van der Waals surface area (Å²) in [4.78, 5) is 12.8. The summed E-state index contributed by atoms with van der Waals surface area (Å²) in [6.45, 7) is 2.49. The average molecular weight is 293 g/mol. The van der Waals surface area contributed by atoms with Crippen molar-refractivity contribution < 1.29 is 19.4 Å². The summed E-state index contributed by atoms with van der Waals surface area (Å²) in [5.41, 5.74) is 1.88. The van der Waals surface area contributed by atoms with Gasteiger partial charge in [-0.2, -0.15) is 0 Å². The van der Waals surface area contributed by atoms with Crippen LogP contribution >= 0.6 is 0 Å². The summed E-state index contributed by atoms with van der Waals surface area (Å²) in [7, 11) is 5.32. The normalized spacial score (nSPS) is 11.2. The molecule has 0 aliphatic heterocycles. The summed E-state index contributed by atoms with van der Waals surface area (Å²) < 4.78 is 10.3. The van der Waals surface area contributed by atoms with Crippen molar-refractivity contribution in [1.82, 2.24) is 4.90 Å². The number of methoxy groups -OCH3 is 2. The van der Waals surface area contributed by atoms with Crippen LogP contribution in [0.15, 0.2) is 24.3 Å². The van der Waals surface area contributed by atoms with Crippen LogP contribution in [0.25, 0.3) is 6.08 Å². The standard InChI is InChI=1S/C16H23NO4/c1-17(9-4-10-20-2)12-13-5-7-15(21-3)14(11-13)6-8-16(18)19/h5-8,11H,4,9-10,12H2,1-3H3,(H,18,19). The molecule has 0 radical (unpaired) electrons. The first-order chi connectivity index (χ1) is 10.1. The van der Waals surface area contributed by atoms with Crippen molar-refractivity contribution in [2.45, 2.75) is 13.0 Å². The minimum atomic E-state index is -0.973. The Kier molecular flexibility index (Phi) is 7.50. The molecule has 1 aromatic rings.